The van der Waals surface area contributed by atoms with Crippen molar-refractivity contribution in [3.8, 4) is 0 Å². The van der Waals surface area contributed by atoms with Crippen molar-refractivity contribution in [1.29, 1.82) is 0 Å². The highest BCUT2D eigenvalue weighted by molar-refractivity contribution is 5.94. The number of halogens is 1. The summed E-state index contributed by atoms with van der Waals surface area (Å²) in [5, 5.41) is 0. The Labute approximate surface area is 166 Å². The van der Waals surface area contributed by atoms with Gasteiger partial charge in [-0.2, -0.15) is 0 Å². The molecule has 0 atom stereocenters. The Balaban J connectivity index is 1.58. The van der Waals surface area contributed by atoms with Crippen LogP contribution in [0.25, 0.3) is 0 Å². The highest BCUT2D eigenvalue weighted by Crippen LogP contribution is 2.23. The number of nitrogens with zero attached hydrogens (tertiary/aromatic N) is 2. The second-order valence-corrected chi connectivity index (χ2v) is 7.35. The standard InChI is InChI=1S/C23H27FN2O2/c1-3-25(16-20-7-5-4-6-17(20)2)22(27)19-12-14-26(15-13-19)23(28)18-8-10-21(24)11-9-18/h4-11,19H,3,12-16H2,1-2H3. The molecule has 0 radical (unpaired) electrons. The molecule has 1 saturated heterocycles. The van der Waals surface area contributed by atoms with Crippen molar-refractivity contribution in [3.63, 3.8) is 0 Å². The van der Waals surface area contributed by atoms with Crippen LogP contribution in [0.3, 0.4) is 0 Å². The fourth-order valence-electron chi connectivity index (χ4n) is 3.70. The van der Waals surface area contributed by atoms with E-state index in [1.165, 1.54) is 35.4 Å². The minimum atomic E-state index is -0.353. The fraction of sp³-hybridized carbons (Fsp3) is 0.391. The molecule has 0 bridgehead atoms. The van der Waals surface area contributed by atoms with Crippen molar-refractivity contribution in [1.82, 2.24) is 9.80 Å². The van der Waals surface area contributed by atoms with Gasteiger partial charge in [0, 0.05) is 37.7 Å². The van der Waals surface area contributed by atoms with Gasteiger partial charge in [-0.3, -0.25) is 9.59 Å². The predicted octanol–water partition coefficient (Wildman–Crippen LogP) is 4.04. The van der Waals surface area contributed by atoms with Gasteiger partial charge in [0.25, 0.3) is 5.91 Å². The minimum Gasteiger partial charge on any atom is -0.339 e. The van der Waals surface area contributed by atoms with E-state index in [0.29, 0.717) is 44.6 Å². The summed E-state index contributed by atoms with van der Waals surface area (Å²) in [5.74, 6) is -0.340. The zero-order chi connectivity index (χ0) is 20.1. The van der Waals surface area contributed by atoms with Crippen molar-refractivity contribution < 1.29 is 14.0 Å². The van der Waals surface area contributed by atoms with Crippen LogP contribution in [-0.4, -0.2) is 41.2 Å². The third kappa shape index (κ3) is 4.58. The number of benzene rings is 2. The molecule has 0 spiro atoms. The number of rotatable bonds is 5. The molecule has 1 aliphatic heterocycles. The predicted molar refractivity (Wildman–Crippen MR) is 107 cm³/mol. The Bertz CT molecular complexity index is 827. The van der Waals surface area contributed by atoms with Crippen molar-refractivity contribution in [2.45, 2.75) is 33.2 Å². The van der Waals surface area contributed by atoms with E-state index in [9.17, 15) is 14.0 Å². The van der Waals surface area contributed by atoms with Gasteiger partial charge in [-0.1, -0.05) is 24.3 Å². The van der Waals surface area contributed by atoms with Crippen LogP contribution in [0.2, 0.25) is 0 Å². The van der Waals surface area contributed by atoms with Gasteiger partial charge in [0.15, 0.2) is 0 Å². The number of carbonyl (C=O) groups is 2. The summed E-state index contributed by atoms with van der Waals surface area (Å²) in [6.45, 7) is 6.46. The molecule has 5 heteroatoms. The molecular formula is C23H27FN2O2. The van der Waals surface area contributed by atoms with Gasteiger partial charge in [-0.15, -0.1) is 0 Å². The van der Waals surface area contributed by atoms with E-state index in [0.717, 1.165) is 0 Å². The largest absolute Gasteiger partial charge is 0.339 e. The lowest BCUT2D eigenvalue weighted by Gasteiger charge is -2.34. The van der Waals surface area contributed by atoms with E-state index in [4.69, 9.17) is 0 Å². The molecule has 0 aromatic heterocycles. The summed E-state index contributed by atoms with van der Waals surface area (Å²) in [6, 6.07) is 13.8. The third-order valence-corrected chi connectivity index (χ3v) is 5.54. The van der Waals surface area contributed by atoms with E-state index in [1.807, 2.05) is 24.0 Å². The monoisotopic (exact) mass is 382 g/mol. The number of likely N-dealkylation sites (tertiary alicyclic amines) is 1. The van der Waals surface area contributed by atoms with Crippen LogP contribution in [0, 0.1) is 18.7 Å². The number of hydrogen-bond donors (Lipinski definition) is 0. The maximum absolute atomic E-state index is 13.1. The highest BCUT2D eigenvalue weighted by atomic mass is 19.1. The smallest absolute Gasteiger partial charge is 0.253 e. The molecular weight excluding hydrogens is 355 g/mol. The Hall–Kier alpha value is -2.69. The summed E-state index contributed by atoms with van der Waals surface area (Å²) < 4.78 is 13.1. The van der Waals surface area contributed by atoms with Crippen LogP contribution >= 0.6 is 0 Å². The number of amides is 2. The van der Waals surface area contributed by atoms with Gasteiger partial charge in [-0.05, 0) is 62.1 Å². The first kappa shape index (κ1) is 20.1. The fourth-order valence-corrected chi connectivity index (χ4v) is 3.70. The molecule has 1 heterocycles. The van der Waals surface area contributed by atoms with Gasteiger partial charge in [0.2, 0.25) is 5.91 Å². The van der Waals surface area contributed by atoms with Crippen LogP contribution in [0.15, 0.2) is 48.5 Å². The molecule has 0 unspecified atom stereocenters. The van der Waals surface area contributed by atoms with Crippen molar-refractivity contribution in [3.05, 3.63) is 71.0 Å². The molecule has 1 fully saturated rings. The normalized spacial score (nSPS) is 14.8. The lowest BCUT2D eigenvalue weighted by Crippen LogP contribution is -2.44. The maximum atomic E-state index is 13.1. The second-order valence-electron chi connectivity index (χ2n) is 7.35. The first-order valence-electron chi connectivity index (χ1n) is 9.87. The molecule has 2 amide bonds. The Morgan fingerprint density at radius 1 is 1.07 bits per heavy atom. The summed E-state index contributed by atoms with van der Waals surface area (Å²) in [4.78, 5) is 29.2. The topological polar surface area (TPSA) is 40.6 Å². The van der Waals surface area contributed by atoms with Crippen molar-refractivity contribution in [2.75, 3.05) is 19.6 Å². The van der Waals surface area contributed by atoms with Crippen molar-refractivity contribution in [2.24, 2.45) is 5.92 Å². The quantitative estimate of drug-likeness (QED) is 0.783. The Kier molecular flexibility index (Phi) is 6.45. The molecule has 0 aliphatic carbocycles. The molecule has 2 aromatic carbocycles. The number of hydrogen-bond acceptors (Lipinski definition) is 2. The molecule has 4 nitrogen and oxygen atoms in total. The maximum Gasteiger partial charge on any atom is 0.253 e. The molecule has 2 aromatic rings. The van der Waals surface area contributed by atoms with Crippen molar-refractivity contribution >= 4 is 11.8 Å². The van der Waals surface area contributed by atoms with Gasteiger partial charge < -0.3 is 9.80 Å². The van der Waals surface area contributed by atoms with E-state index < -0.39 is 0 Å². The van der Waals surface area contributed by atoms with E-state index in [-0.39, 0.29) is 23.5 Å². The van der Waals surface area contributed by atoms with Gasteiger partial charge in [0.05, 0.1) is 0 Å². The lowest BCUT2D eigenvalue weighted by molar-refractivity contribution is -0.137. The van der Waals surface area contributed by atoms with Crippen LogP contribution in [0.4, 0.5) is 4.39 Å². The summed E-state index contributed by atoms with van der Waals surface area (Å²) in [6.07, 6.45) is 1.33. The highest BCUT2D eigenvalue weighted by Gasteiger charge is 2.30. The molecule has 0 N–H and O–H groups in total. The van der Waals surface area contributed by atoms with Crippen LogP contribution in [0.5, 0.6) is 0 Å². The first-order valence-corrected chi connectivity index (χ1v) is 9.87. The summed E-state index contributed by atoms with van der Waals surface area (Å²) in [5.41, 5.74) is 2.84. The number of carbonyl (C=O) groups excluding carboxylic acids is 2. The zero-order valence-electron chi connectivity index (χ0n) is 16.5. The summed E-state index contributed by atoms with van der Waals surface area (Å²) >= 11 is 0. The van der Waals surface area contributed by atoms with E-state index in [1.54, 1.807) is 4.90 Å². The second kappa shape index (κ2) is 9.00. The minimum absolute atomic E-state index is 0.0544. The zero-order valence-corrected chi connectivity index (χ0v) is 16.5. The Morgan fingerprint density at radius 3 is 2.32 bits per heavy atom. The molecule has 0 saturated carbocycles. The van der Waals surface area contributed by atoms with Gasteiger partial charge in [-0.25, -0.2) is 4.39 Å². The van der Waals surface area contributed by atoms with E-state index in [2.05, 4.69) is 19.1 Å². The average molecular weight is 382 g/mol. The Morgan fingerprint density at radius 2 is 1.71 bits per heavy atom. The third-order valence-electron chi connectivity index (χ3n) is 5.54. The molecule has 148 valence electrons. The number of aryl methyl sites for hydroxylation is 1. The summed E-state index contributed by atoms with van der Waals surface area (Å²) in [7, 11) is 0. The van der Waals surface area contributed by atoms with Gasteiger partial charge >= 0.3 is 0 Å². The lowest BCUT2D eigenvalue weighted by atomic mass is 9.94. The van der Waals surface area contributed by atoms with E-state index >= 15 is 0 Å². The van der Waals surface area contributed by atoms with Crippen LogP contribution in [0.1, 0.15) is 41.3 Å². The van der Waals surface area contributed by atoms with Crippen LogP contribution in [-0.2, 0) is 11.3 Å². The number of piperidine rings is 1. The average Bonchev–Trinajstić information content (AvgIpc) is 2.73. The first-order chi connectivity index (χ1) is 13.5. The molecule has 3 rings (SSSR count). The molecule has 1 aliphatic rings. The van der Waals surface area contributed by atoms with Gasteiger partial charge in [0.1, 0.15) is 5.82 Å². The van der Waals surface area contributed by atoms with Crippen LogP contribution < -0.4 is 0 Å². The SMILES string of the molecule is CCN(Cc1ccccc1C)C(=O)C1CCN(C(=O)c2ccc(F)cc2)CC1. The molecule has 28 heavy (non-hydrogen) atoms.